The molecule has 0 spiro atoms. The van der Waals surface area contributed by atoms with Crippen LogP contribution in [-0.4, -0.2) is 31.2 Å². The average Bonchev–Trinajstić information content (AvgIpc) is 3.45. The number of aromatic hydroxyl groups is 1. The molecule has 4 rings (SSSR count). The van der Waals surface area contributed by atoms with Gasteiger partial charge in [-0.05, 0) is 37.5 Å². The van der Waals surface area contributed by atoms with E-state index in [1.807, 2.05) is 19.9 Å². The van der Waals surface area contributed by atoms with Crippen molar-refractivity contribution in [3.63, 3.8) is 0 Å². The summed E-state index contributed by atoms with van der Waals surface area (Å²) in [6.45, 7) is 4.44. The normalized spacial score (nSPS) is 18.0. The van der Waals surface area contributed by atoms with Crippen LogP contribution in [0.15, 0.2) is 10.9 Å². The van der Waals surface area contributed by atoms with Crippen LogP contribution >= 0.6 is 0 Å². The molecule has 0 bridgehead atoms. The smallest absolute Gasteiger partial charge is 0.291 e. The summed E-state index contributed by atoms with van der Waals surface area (Å²) in [7, 11) is 0. The molecular formula is C22H31N5O3. The van der Waals surface area contributed by atoms with E-state index in [1.54, 1.807) is 4.57 Å². The number of rotatable bonds is 6. The third-order valence-electron chi connectivity index (χ3n) is 5.94. The Labute approximate surface area is 175 Å². The number of anilines is 1. The van der Waals surface area contributed by atoms with Gasteiger partial charge >= 0.3 is 0 Å². The summed E-state index contributed by atoms with van der Waals surface area (Å²) in [4.78, 5) is 25.8. The molecule has 2 aliphatic rings. The number of nitrogens with two attached hydrogens (primary N) is 1. The SMILES string of the molecule is CC(C)Cn1c(O)c(C(=O)NC2CC2)c(=O)n2nc(N)c(/C=C/C3CCCCC3)c12. The Morgan fingerprint density at radius 3 is 2.60 bits per heavy atom. The molecule has 0 atom stereocenters. The van der Waals surface area contributed by atoms with Crippen LogP contribution in [-0.2, 0) is 6.54 Å². The lowest BCUT2D eigenvalue weighted by molar-refractivity contribution is 0.0944. The second-order valence-electron chi connectivity index (χ2n) is 9.05. The molecule has 2 saturated carbocycles. The van der Waals surface area contributed by atoms with Crippen LogP contribution in [0.25, 0.3) is 11.7 Å². The Hall–Kier alpha value is -2.77. The van der Waals surface area contributed by atoms with Gasteiger partial charge in [-0.2, -0.15) is 4.52 Å². The molecule has 2 aliphatic carbocycles. The second-order valence-corrected chi connectivity index (χ2v) is 9.05. The van der Waals surface area contributed by atoms with Crippen molar-refractivity contribution in [2.24, 2.45) is 11.8 Å². The maximum atomic E-state index is 13.1. The number of aromatic nitrogens is 3. The van der Waals surface area contributed by atoms with E-state index in [0.717, 1.165) is 25.7 Å². The average molecular weight is 414 g/mol. The van der Waals surface area contributed by atoms with E-state index in [-0.39, 0.29) is 29.2 Å². The van der Waals surface area contributed by atoms with Gasteiger partial charge in [0.15, 0.2) is 17.0 Å². The summed E-state index contributed by atoms with van der Waals surface area (Å²) < 4.78 is 2.76. The third kappa shape index (κ3) is 3.95. The lowest BCUT2D eigenvalue weighted by atomic mass is 9.89. The highest BCUT2D eigenvalue weighted by atomic mass is 16.3. The number of nitrogens with zero attached hydrogens (tertiary/aromatic N) is 3. The van der Waals surface area contributed by atoms with E-state index in [4.69, 9.17) is 5.73 Å². The summed E-state index contributed by atoms with van der Waals surface area (Å²) in [5, 5.41) is 18.0. The van der Waals surface area contributed by atoms with Crippen LogP contribution in [0.2, 0.25) is 0 Å². The van der Waals surface area contributed by atoms with E-state index in [1.165, 1.54) is 23.8 Å². The highest BCUT2D eigenvalue weighted by Crippen LogP contribution is 2.29. The predicted molar refractivity (Wildman–Crippen MR) is 116 cm³/mol. The minimum absolute atomic E-state index is 0.0715. The molecule has 2 heterocycles. The number of amides is 1. The Bertz CT molecular complexity index is 1040. The first-order chi connectivity index (χ1) is 14.4. The second kappa shape index (κ2) is 8.16. The van der Waals surface area contributed by atoms with Gasteiger partial charge in [0.2, 0.25) is 5.88 Å². The topological polar surface area (TPSA) is 115 Å². The lowest BCUT2D eigenvalue weighted by Gasteiger charge is -2.18. The van der Waals surface area contributed by atoms with Gasteiger partial charge in [0.25, 0.3) is 11.5 Å². The maximum absolute atomic E-state index is 13.1. The molecule has 0 saturated heterocycles. The van der Waals surface area contributed by atoms with Crippen LogP contribution < -0.4 is 16.6 Å². The monoisotopic (exact) mass is 413 g/mol. The molecule has 0 radical (unpaired) electrons. The van der Waals surface area contributed by atoms with Gasteiger partial charge in [0.05, 0.1) is 5.56 Å². The zero-order valence-electron chi connectivity index (χ0n) is 17.7. The Morgan fingerprint density at radius 1 is 1.27 bits per heavy atom. The number of carbonyl (C=O) groups is 1. The van der Waals surface area contributed by atoms with E-state index < -0.39 is 11.5 Å². The van der Waals surface area contributed by atoms with E-state index in [9.17, 15) is 14.7 Å². The zero-order chi connectivity index (χ0) is 21.4. The highest BCUT2D eigenvalue weighted by Gasteiger charge is 2.30. The minimum atomic E-state index is -0.648. The summed E-state index contributed by atoms with van der Waals surface area (Å²) in [5.74, 6) is -0.0152. The van der Waals surface area contributed by atoms with Crippen molar-refractivity contribution in [3.8, 4) is 5.88 Å². The Kier molecular flexibility index (Phi) is 5.58. The van der Waals surface area contributed by atoms with Crippen LogP contribution in [0.1, 0.15) is 74.7 Å². The molecule has 0 aromatic carbocycles. The van der Waals surface area contributed by atoms with Crippen molar-refractivity contribution >= 4 is 23.4 Å². The quantitative estimate of drug-likeness (QED) is 0.674. The number of carbonyl (C=O) groups excluding carboxylic acids is 1. The summed E-state index contributed by atoms with van der Waals surface area (Å²) >= 11 is 0. The molecule has 4 N–H and O–H groups in total. The molecule has 2 aromatic rings. The van der Waals surface area contributed by atoms with Crippen molar-refractivity contribution < 1.29 is 9.90 Å². The number of allylic oxidation sites excluding steroid dienone is 1. The van der Waals surface area contributed by atoms with Gasteiger partial charge in [0.1, 0.15) is 0 Å². The molecule has 2 aromatic heterocycles. The van der Waals surface area contributed by atoms with Crippen LogP contribution in [0.3, 0.4) is 0 Å². The molecule has 2 fully saturated rings. The molecular weight excluding hydrogens is 382 g/mol. The van der Waals surface area contributed by atoms with E-state index in [0.29, 0.717) is 23.7 Å². The van der Waals surface area contributed by atoms with Crippen molar-refractivity contribution in [2.45, 2.75) is 71.4 Å². The fourth-order valence-electron chi connectivity index (χ4n) is 4.22. The number of hydrogen-bond acceptors (Lipinski definition) is 5. The fourth-order valence-corrected chi connectivity index (χ4v) is 4.22. The van der Waals surface area contributed by atoms with Gasteiger partial charge in [-0.1, -0.05) is 45.3 Å². The van der Waals surface area contributed by atoms with Crippen LogP contribution in [0.4, 0.5) is 5.82 Å². The van der Waals surface area contributed by atoms with Gasteiger partial charge in [-0.25, -0.2) is 0 Å². The lowest BCUT2D eigenvalue weighted by Crippen LogP contribution is -2.34. The third-order valence-corrected chi connectivity index (χ3v) is 5.94. The minimum Gasteiger partial charge on any atom is -0.494 e. The molecule has 162 valence electrons. The maximum Gasteiger partial charge on any atom is 0.291 e. The number of hydrogen-bond donors (Lipinski definition) is 3. The number of nitrogen functional groups attached to an aromatic ring is 1. The van der Waals surface area contributed by atoms with Gasteiger partial charge in [-0.15, -0.1) is 5.10 Å². The molecule has 8 nitrogen and oxygen atoms in total. The predicted octanol–water partition coefficient (Wildman–Crippen LogP) is 2.93. The highest BCUT2D eigenvalue weighted by molar-refractivity contribution is 5.97. The first kappa shape index (κ1) is 20.5. The molecule has 30 heavy (non-hydrogen) atoms. The Balaban J connectivity index is 1.85. The van der Waals surface area contributed by atoms with Gasteiger partial charge in [0, 0.05) is 12.6 Å². The zero-order valence-corrected chi connectivity index (χ0v) is 17.7. The Morgan fingerprint density at radius 2 is 1.97 bits per heavy atom. The fraction of sp³-hybridized carbons (Fsp3) is 0.591. The van der Waals surface area contributed by atoms with Crippen LogP contribution in [0.5, 0.6) is 5.88 Å². The summed E-state index contributed by atoms with van der Waals surface area (Å²) in [6.07, 6.45) is 11.8. The number of nitrogens with one attached hydrogen (secondary N) is 1. The van der Waals surface area contributed by atoms with E-state index in [2.05, 4.69) is 16.5 Å². The standard InChI is InChI=1S/C22H31N5O3/c1-13(2)12-26-20-16(11-8-14-6-4-3-5-7-14)18(23)25-27(20)22(30)17(21(26)29)19(28)24-15-9-10-15/h8,11,13-15,29H,3-7,9-10,12H2,1-2H3,(H2,23,25)(H,24,28)/b11-8+. The largest absolute Gasteiger partial charge is 0.494 e. The molecule has 0 unspecified atom stereocenters. The molecule has 1 amide bonds. The summed E-state index contributed by atoms with van der Waals surface area (Å²) in [5.41, 5.74) is 6.30. The van der Waals surface area contributed by atoms with Crippen molar-refractivity contribution in [1.29, 1.82) is 0 Å². The first-order valence-corrected chi connectivity index (χ1v) is 11.0. The van der Waals surface area contributed by atoms with E-state index >= 15 is 0 Å². The van der Waals surface area contributed by atoms with Crippen molar-refractivity contribution in [2.75, 3.05) is 5.73 Å². The van der Waals surface area contributed by atoms with Crippen molar-refractivity contribution in [3.05, 3.63) is 27.6 Å². The first-order valence-electron chi connectivity index (χ1n) is 11.0. The van der Waals surface area contributed by atoms with Gasteiger partial charge < -0.3 is 16.2 Å². The number of fused-ring (bicyclic) bond motifs is 1. The molecule has 0 aliphatic heterocycles. The van der Waals surface area contributed by atoms with Gasteiger partial charge in [-0.3, -0.25) is 14.2 Å². The summed E-state index contributed by atoms with van der Waals surface area (Å²) in [6, 6.07) is 0.0715. The van der Waals surface area contributed by atoms with Crippen molar-refractivity contribution in [1.82, 2.24) is 19.5 Å². The molecule has 8 heteroatoms. The van der Waals surface area contributed by atoms with Crippen LogP contribution in [0, 0.1) is 11.8 Å².